The Labute approximate surface area is 218 Å². The standard InChI is InChI=1S/C28H36ClN3O4/c1-3-36-27(34)30-25(22-5-4-6-23(29)19-22)11-15-31-16-12-28(13-17-31)14-18-32(26(28)33)20-21-7-9-24(35-2)10-8-21/h4-10,19,25H,3,11-18,20H2,1-2H3,(H,30,34). The highest BCUT2D eigenvalue weighted by Crippen LogP contribution is 2.42. The number of amides is 2. The van der Waals surface area contributed by atoms with Crippen LogP contribution >= 0.6 is 11.6 Å². The van der Waals surface area contributed by atoms with Gasteiger partial charge in [-0.05, 0) is 81.1 Å². The molecule has 2 saturated heterocycles. The molecule has 36 heavy (non-hydrogen) atoms. The SMILES string of the molecule is CCOC(=O)NC(CCN1CCC2(CC1)CCN(Cc1ccc(OC)cc1)C2=O)c1cccc(Cl)c1. The summed E-state index contributed by atoms with van der Waals surface area (Å²) in [5.41, 5.74) is 1.85. The van der Waals surface area contributed by atoms with Crippen LogP contribution in [0.5, 0.6) is 5.75 Å². The number of likely N-dealkylation sites (tertiary alicyclic amines) is 2. The molecule has 0 aliphatic carbocycles. The molecule has 0 saturated carbocycles. The summed E-state index contributed by atoms with van der Waals surface area (Å²) in [5.74, 6) is 1.11. The van der Waals surface area contributed by atoms with E-state index < -0.39 is 6.09 Å². The van der Waals surface area contributed by atoms with E-state index in [0.29, 0.717) is 24.1 Å². The first kappa shape index (κ1) is 26.3. The molecule has 1 spiro atoms. The number of nitrogens with one attached hydrogen (secondary N) is 1. The summed E-state index contributed by atoms with van der Waals surface area (Å²) in [6, 6.07) is 15.3. The van der Waals surface area contributed by atoms with Gasteiger partial charge in [-0.1, -0.05) is 35.9 Å². The first-order chi connectivity index (χ1) is 17.4. The Hall–Kier alpha value is -2.77. The molecule has 2 aromatic rings. The van der Waals surface area contributed by atoms with E-state index >= 15 is 0 Å². The van der Waals surface area contributed by atoms with E-state index in [1.165, 1.54) is 0 Å². The van der Waals surface area contributed by atoms with Gasteiger partial charge in [-0.3, -0.25) is 4.79 Å². The molecule has 2 aromatic carbocycles. The summed E-state index contributed by atoms with van der Waals surface area (Å²) >= 11 is 6.20. The quantitative estimate of drug-likeness (QED) is 0.508. The van der Waals surface area contributed by atoms with Gasteiger partial charge in [0.25, 0.3) is 0 Å². The lowest BCUT2D eigenvalue weighted by Gasteiger charge is -2.38. The zero-order valence-corrected chi connectivity index (χ0v) is 21.9. The number of nitrogens with zero attached hydrogens (tertiary/aromatic N) is 2. The van der Waals surface area contributed by atoms with Gasteiger partial charge in [-0.2, -0.15) is 0 Å². The molecule has 0 aromatic heterocycles. The molecule has 194 valence electrons. The van der Waals surface area contributed by atoms with Crippen LogP contribution in [-0.2, 0) is 16.1 Å². The second-order valence-electron chi connectivity index (χ2n) is 9.71. The van der Waals surface area contributed by atoms with Crippen molar-refractivity contribution in [1.82, 2.24) is 15.1 Å². The van der Waals surface area contributed by atoms with Crippen molar-refractivity contribution in [3.8, 4) is 5.75 Å². The predicted molar refractivity (Wildman–Crippen MR) is 140 cm³/mol. The molecular formula is C28H36ClN3O4. The molecule has 2 aliphatic heterocycles. The van der Waals surface area contributed by atoms with Gasteiger partial charge in [0, 0.05) is 24.7 Å². The first-order valence-electron chi connectivity index (χ1n) is 12.8. The summed E-state index contributed by atoms with van der Waals surface area (Å²) in [4.78, 5) is 29.9. The number of benzene rings is 2. The molecule has 1 atom stereocenters. The Morgan fingerprint density at radius 2 is 1.83 bits per heavy atom. The van der Waals surface area contributed by atoms with Crippen molar-refractivity contribution in [2.75, 3.05) is 39.9 Å². The van der Waals surface area contributed by atoms with Crippen LogP contribution in [0.1, 0.15) is 49.8 Å². The lowest BCUT2D eigenvalue weighted by molar-refractivity contribution is -0.138. The average Bonchev–Trinajstić information content (AvgIpc) is 3.18. The van der Waals surface area contributed by atoms with Crippen molar-refractivity contribution in [3.63, 3.8) is 0 Å². The number of alkyl carbamates (subject to hydrolysis) is 1. The van der Waals surface area contributed by atoms with Gasteiger partial charge in [0.15, 0.2) is 0 Å². The third kappa shape index (κ3) is 6.31. The summed E-state index contributed by atoms with van der Waals surface area (Å²) < 4.78 is 10.3. The highest BCUT2D eigenvalue weighted by molar-refractivity contribution is 6.30. The van der Waals surface area contributed by atoms with Crippen molar-refractivity contribution in [2.45, 2.75) is 45.2 Å². The number of carbonyl (C=O) groups is 2. The zero-order valence-electron chi connectivity index (χ0n) is 21.2. The number of methoxy groups -OCH3 is 1. The average molecular weight is 514 g/mol. The van der Waals surface area contributed by atoms with Crippen LogP contribution in [0.3, 0.4) is 0 Å². The van der Waals surface area contributed by atoms with E-state index in [0.717, 1.165) is 68.7 Å². The Bertz CT molecular complexity index is 1040. The summed E-state index contributed by atoms with van der Waals surface area (Å²) in [6.07, 6.45) is 2.99. The number of hydrogen-bond acceptors (Lipinski definition) is 5. The van der Waals surface area contributed by atoms with Crippen LogP contribution in [-0.4, -0.2) is 61.7 Å². The molecule has 2 fully saturated rings. The Morgan fingerprint density at radius 3 is 2.50 bits per heavy atom. The number of piperidine rings is 1. The van der Waals surface area contributed by atoms with Crippen molar-refractivity contribution in [1.29, 1.82) is 0 Å². The number of halogens is 1. The predicted octanol–water partition coefficient (Wildman–Crippen LogP) is 5.04. The Kier molecular flexibility index (Phi) is 8.75. The smallest absolute Gasteiger partial charge is 0.407 e. The molecule has 1 unspecified atom stereocenters. The molecule has 8 heteroatoms. The van der Waals surface area contributed by atoms with Crippen molar-refractivity contribution < 1.29 is 19.1 Å². The van der Waals surface area contributed by atoms with E-state index in [1.54, 1.807) is 14.0 Å². The first-order valence-corrected chi connectivity index (χ1v) is 13.1. The van der Waals surface area contributed by atoms with Gasteiger partial charge in [0.05, 0.1) is 25.2 Å². The monoisotopic (exact) mass is 513 g/mol. The molecule has 4 rings (SSSR count). The maximum atomic E-state index is 13.4. The molecule has 1 N–H and O–H groups in total. The largest absolute Gasteiger partial charge is 0.497 e. The van der Waals surface area contributed by atoms with Crippen LogP contribution in [0, 0.1) is 5.41 Å². The normalized spacial score (nSPS) is 18.3. The maximum Gasteiger partial charge on any atom is 0.407 e. The van der Waals surface area contributed by atoms with Gasteiger partial charge < -0.3 is 24.6 Å². The number of rotatable bonds is 9. The van der Waals surface area contributed by atoms with Crippen LogP contribution < -0.4 is 10.1 Å². The lowest BCUT2D eigenvalue weighted by atomic mass is 9.77. The van der Waals surface area contributed by atoms with Crippen LogP contribution in [0.25, 0.3) is 0 Å². The van der Waals surface area contributed by atoms with Crippen molar-refractivity contribution in [2.24, 2.45) is 5.41 Å². The summed E-state index contributed by atoms with van der Waals surface area (Å²) in [7, 11) is 1.66. The highest BCUT2D eigenvalue weighted by Gasteiger charge is 2.47. The fourth-order valence-corrected chi connectivity index (χ4v) is 5.53. The minimum atomic E-state index is -0.423. The molecule has 0 radical (unpaired) electrons. The van der Waals surface area contributed by atoms with Crippen LogP contribution in [0.2, 0.25) is 5.02 Å². The van der Waals surface area contributed by atoms with Crippen molar-refractivity contribution in [3.05, 3.63) is 64.7 Å². The highest BCUT2D eigenvalue weighted by atomic mass is 35.5. The Balaban J connectivity index is 1.31. The van der Waals surface area contributed by atoms with Crippen LogP contribution in [0.15, 0.2) is 48.5 Å². The molecule has 2 aliphatic rings. The molecular weight excluding hydrogens is 478 g/mol. The number of carbonyl (C=O) groups excluding carboxylic acids is 2. The second kappa shape index (κ2) is 12.0. The Morgan fingerprint density at radius 1 is 1.11 bits per heavy atom. The fraction of sp³-hybridized carbons (Fsp3) is 0.500. The van der Waals surface area contributed by atoms with Gasteiger partial charge in [0.2, 0.25) is 5.91 Å². The summed E-state index contributed by atoms with van der Waals surface area (Å²) in [6.45, 7) is 6.16. The molecule has 7 nitrogen and oxygen atoms in total. The maximum absolute atomic E-state index is 13.4. The van der Waals surface area contributed by atoms with Gasteiger partial charge >= 0.3 is 6.09 Å². The van der Waals surface area contributed by atoms with E-state index in [2.05, 4.69) is 10.2 Å². The topological polar surface area (TPSA) is 71.1 Å². The van der Waals surface area contributed by atoms with Crippen molar-refractivity contribution >= 4 is 23.6 Å². The van der Waals surface area contributed by atoms with E-state index in [9.17, 15) is 9.59 Å². The minimum absolute atomic E-state index is 0.188. The van der Waals surface area contributed by atoms with E-state index in [4.69, 9.17) is 21.1 Å². The van der Waals surface area contributed by atoms with Crippen LogP contribution in [0.4, 0.5) is 4.79 Å². The molecule has 2 amide bonds. The zero-order chi connectivity index (χ0) is 25.5. The third-order valence-corrected chi connectivity index (χ3v) is 7.73. The number of hydrogen-bond donors (Lipinski definition) is 1. The number of ether oxygens (including phenoxy) is 2. The minimum Gasteiger partial charge on any atom is -0.497 e. The summed E-state index contributed by atoms with van der Waals surface area (Å²) in [5, 5.41) is 3.62. The second-order valence-corrected chi connectivity index (χ2v) is 10.1. The van der Waals surface area contributed by atoms with Gasteiger partial charge in [-0.25, -0.2) is 4.79 Å². The van der Waals surface area contributed by atoms with E-state index in [1.807, 2.05) is 53.4 Å². The van der Waals surface area contributed by atoms with Gasteiger partial charge in [0.1, 0.15) is 5.75 Å². The lowest BCUT2D eigenvalue weighted by Crippen LogP contribution is -2.45. The van der Waals surface area contributed by atoms with Gasteiger partial charge in [-0.15, -0.1) is 0 Å². The fourth-order valence-electron chi connectivity index (χ4n) is 5.34. The third-order valence-electron chi connectivity index (χ3n) is 7.50. The molecule has 0 bridgehead atoms. The van der Waals surface area contributed by atoms with E-state index in [-0.39, 0.29) is 11.5 Å². The molecule has 2 heterocycles.